The first-order valence-corrected chi connectivity index (χ1v) is 4.30. The van der Waals surface area contributed by atoms with Gasteiger partial charge in [0.2, 0.25) is 5.28 Å². The van der Waals surface area contributed by atoms with Crippen LogP contribution in [0.15, 0.2) is 35.5 Å². The second kappa shape index (κ2) is 3.59. The number of nitrogens with zero attached hydrogens (tertiary/aromatic N) is 2. The van der Waals surface area contributed by atoms with Crippen LogP contribution in [-0.4, -0.2) is 15.0 Å². The number of rotatable bonds is 1. The van der Waals surface area contributed by atoms with Gasteiger partial charge >= 0.3 is 0 Å². The van der Waals surface area contributed by atoms with Crippen LogP contribution >= 0.6 is 11.6 Å². The highest BCUT2D eigenvalue weighted by atomic mass is 35.5. The van der Waals surface area contributed by atoms with Crippen molar-refractivity contribution in [2.45, 2.75) is 0 Å². The van der Waals surface area contributed by atoms with Crippen LogP contribution in [0, 0.1) is 0 Å². The largest absolute Gasteiger partial charge is 0.297 e. The molecule has 2 aromatic heterocycles. The number of nitrogens with one attached hydrogen (secondary N) is 1. The molecule has 0 aromatic carbocycles. The minimum absolute atomic E-state index is 0.0906. The van der Waals surface area contributed by atoms with Crippen LogP contribution in [0.3, 0.4) is 0 Å². The lowest BCUT2D eigenvalue weighted by Crippen LogP contribution is -2.09. The molecule has 0 atom stereocenters. The van der Waals surface area contributed by atoms with E-state index < -0.39 is 0 Å². The Bertz CT molecular complexity index is 495. The van der Waals surface area contributed by atoms with Crippen molar-refractivity contribution in [2.24, 2.45) is 0 Å². The Morgan fingerprint density at radius 2 is 2.00 bits per heavy atom. The van der Waals surface area contributed by atoms with E-state index in [1.54, 1.807) is 24.5 Å². The molecule has 0 aliphatic rings. The summed E-state index contributed by atoms with van der Waals surface area (Å²) in [6, 6.07) is 3.47. The summed E-state index contributed by atoms with van der Waals surface area (Å²) in [4.78, 5) is 21.5. The summed E-state index contributed by atoms with van der Waals surface area (Å²) in [5.41, 5.74) is 0.999. The van der Waals surface area contributed by atoms with Crippen LogP contribution in [0.25, 0.3) is 11.1 Å². The first-order chi connectivity index (χ1) is 6.77. The Morgan fingerprint density at radius 1 is 1.29 bits per heavy atom. The van der Waals surface area contributed by atoms with Gasteiger partial charge in [0.15, 0.2) is 0 Å². The molecule has 0 amide bonds. The Kier molecular flexibility index (Phi) is 2.28. The summed E-state index contributed by atoms with van der Waals surface area (Å²) in [5.74, 6) is 0. The minimum atomic E-state index is -0.254. The predicted octanol–water partition coefficient (Wildman–Crippen LogP) is 1.49. The van der Waals surface area contributed by atoms with Gasteiger partial charge in [-0.25, -0.2) is 4.98 Å². The normalized spacial score (nSPS) is 10.1. The Labute approximate surface area is 84.6 Å². The molecule has 0 saturated heterocycles. The van der Waals surface area contributed by atoms with Gasteiger partial charge < -0.3 is 0 Å². The van der Waals surface area contributed by atoms with Crippen molar-refractivity contribution in [3.8, 4) is 11.1 Å². The van der Waals surface area contributed by atoms with Crippen LogP contribution in [0.1, 0.15) is 0 Å². The van der Waals surface area contributed by atoms with E-state index in [0.717, 1.165) is 5.56 Å². The number of halogens is 1. The van der Waals surface area contributed by atoms with Crippen LogP contribution in [0.2, 0.25) is 5.28 Å². The molecule has 0 bridgehead atoms. The highest BCUT2D eigenvalue weighted by molar-refractivity contribution is 6.28. The van der Waals surface area contributed by atoms with Gasteiger partial charge in [-0.3, -0.25) is 14.8 Å². The van der Waals surface area contributed by atoms with Crippen molar-refractivity contribution in [1.82, 2.24) is 15.0 Å². The maximum atomic E-state index is 11.4. The third-order valence-corrected chi connectivity index (χ3v) is 1.95. The summed E-state index contributed by atoms with van der Waals surface area (Å²) >= 11 is 5.53. The fraction of sp³-hybridized carbons (Fsp3) is 0. The molecule has 0 saturated carbocycles. The monoisotopic (exact) mass is 207 g/mol. The zero-order chi connectivity index (χ0) is 9.97. The molecule has 4 nitrogen and oxygen atoms in total. The topological polar surface area (TPSA) is 58.6 Å². The zero-order valence-corrected chi connectivity index (χ0v) is 7.82. The van der Waals surface area contributed by atoms with Crippen molar-refractivity contribution in [2.75, 3.05) is 0 Å². The highest BCUT2D eigenvalue weighted by Crippen LogP contribution is 2.12. The Balaban J connectivity index is 2.59. The predicted molar refractivity (Wildman–Crippen MR) is 53.1 cm³/mol. The third-order valence-electron chi connectivity index (χ3n) is 1.76. The van der Waals surface area contributed by atoms with Crippen molar-refractivity contribution in [1.29, 1.82) is 0 Å². The number of pyridine rings is 1. The van der Waals surface area contributed by atoms with E-state index in [1.165, 1.54) is 6.20 Å². The first-order valence-electron chi connectivity index (χ1n) is 3.92. The molecule has 5 heteroatoms. The number of aromatic amines is 1. The molecule has 2 aromatic rings. The van der Waals surface area contributed by atoms with Gasteiger partial charge in [0.1, 0.15) is 0 Å². The fourth-order valence-electron chi connectivity index (χ4n) is 1.11. The maximum absolute atomic E-state index is 11.4. The molecule has 0 aliphatic carbocycles. The quantitative estimate of drug-likeness (QED) is 0.721. The van der Waals surface area contributed by atoms with Crippen molar-refractivity contribution in [3.05, 3.63) is 46.4 Å². The molecular formula is C9H6ClN3O. The molecule has 2 heterocycles. The smallest absolute Gasteiger partial charge is 0.259 e. The maximum Gasteiger partial charge on any atom is 0.259 e. The van der Waals surface area contributed by atoms with Gasteiger partial charge in [-0.1, -0.05) is 0 Å². The molecular weight excluding hydrogens is 202 g/mol. The summed E-state index contributed by atoms with van der Waals surface area (Å²) in [5, 5.41) is 0.0906. The second-order valence-corrected chi connectivity index (χ2v) is 3.01. The van der Waals surface area contributed by atoms with Gasteiger partial charge in [-0.15, -0.1) is 0 Å². The molecule has 2 rings (SSSR count). The van der Waals surface area contributed by atoms with E-state index in [-0.39, 0.29) is 10.8 Å². The number of hydrogen-bond acceptors (Lipinski definition) is 3. The van der Waals surface area contributed by atoms with Crippen LogP contribution in [0.4, 0.5) is 0 Å². The lowest BCUT2D eigenvalue weighted by atomic mass is 10.1. The van der Waals surface area contributed by atoms with E-state index in [1.807, 2.05) is 0 Å². The van der Waals surface area contributed by atoms with Gasteiger partial charge in [-0.2, -0.15) is 0 Å². The van der Waals surface area contributed by atoms with E-state index in [2.05, 4.69) is 15.0 Å². The summed E-state index contributed by atoms with van der Waals surface area (Å²) in [7, 11) is 0. The lowest BCUT2D eigenvalue weighted by molar-refractivity contribution is 1.12. The molecule has 0 radical (unpaired) electrons. The lowest BCUT2D eigenvalue weighted by Gasteiger charge is -1.98. The summed E-state index contributed by atoms with van der Waals surface area (Å²) in [6.07, 6.45) is 4.67. The van der Waals surface area contributed by atoms with Crippen molar-refractivity contribution >= 4 is 11.6 Å². The third kappa shape index (κ3) is 1.65. The molecule has 0 aliphatic heterocycles. The average Bonchev–Trinajstić information content (AvgIpc) is 2.19. The van der Waals surface area contributed by atoms with Gasteiger partial charge in [0.05, 0.1) is 5.56 Å². The van der Waals surface area contributed by atoms with E-state index in [9.17, 15) is 4.79 Å². The SMILES string of the molecule is O=c1[nH]c(Cl)ncc1-c1ccncc1. The van der Waals surface area contributed by atoms with Gasteiger partial charge in [0.25, 0.3) is 5.56 Å². The standard InChI is InChI=1S/C9H6ClN3O/c10-9-12-5-7(8(14)13-9)6-1-3-11-4-2-6/h1-5H,(H,12,13,14). The number of hydrogen-bond donors (Lipinski definition) is 1. The summed E-state index contributed by atoms with van der Waals surface area (Å²) in [6.45, 7) is 0. The van der Waals surface area contributed by atoms with E-state index >= 15 is 0 Å². The molecule has 1 N–H and O–H groups in total. The highest BCUT2D eigenvalue weighted by Gasteiger charge is 2.03. The first kappa shape index (κ1) is 8.90. The van der Waals surface area contributed by atoms with Crippen LogP contribution in [-0.2, 0) is 0 Å². The zero-order valence-electron chi connectivity index (χ0n) is 7.07. The molecule has 0 fully saturated rings. The molecule has 14 heavy (non-hydrogen) atoms. The molecule has 0 spiro atoms. The van der Waals surface area contributed by atoms with Crippen LogP contribution < -0.4 is 5.56 Å². The molecule has 0 unspecified atom stereocenters. The Hall–Kier alpha value is -1.68. The van der Waals surface area contributed by atoms with E-state index in [0.29, 0.717) is 5.56 Å². The van der Waals surface area contributed by atoms with Crippen molar-refractivity contribution in [3.63, 3.8) is 0 Å². The average molecular weight is 208 g/mol. The number of aromatic nitrogens is 3. The van der Waals surface area contributed by atoms with Gasteiger partial charge in [0, 0.05) is 18.6 Å². The minimum Gasteiger partial charge on any atom is -0.297 e. The van der Waals surface area contributed by atoms with Gasteiger partial charge in [-0.05, 0) is 29.3 Å². The Morgan fingerprint density at radius 3 is 2.64 bits per heavy atom. The second-order valence-electron chi connectivity index (χ2n) is 2.65. The van der Waals surface area contributed by atoms with Crippen molar-refractivity contribution < 1.29 is 0 Å². The number of H-pyrrole nitrogens is 1. The fourth-order valence-corrected chi connectivity index (χ4v) is 1.24. The van der Waals surface area contributed by atoms with E-state index in [4.69, 9.17) is 11.6 Å². The van der Waals surface area contributed by atoms with Crippen LogP contribution in [0.5, 0.6) is 0 Å². The molecule has 70 valence electrons. The summed E-state index contributed by atoms with van der Waals surface area (Å²) < 4.78 is 0.